The minimum Gasteiger partial charge on any atom is -0.497 e. The van der Waals surface area contributed by atoms with Crippen molar-refractivity contribution in [2.75, 3.05) is 25.7 Å². The molecule has 2 aliphatic heterocycles. The lowest BCUT2D eigenvalue weighted by molar-refractivity contribution is -0.146. The number of amides is 1. The number of carbonyl (C=O) groups excluding carboxylic acids is 1. The molecule has 0 bridgehead atoms. The van der Waals surface area contributed by atoms with E-state index in [0.717, 1.165) is 33.6 Å². The monoisotopic (exact) mass is 770 g/mol. The minimum atomic E-state index is -2.37. The summed E-state index contributed by atoms with van der Waals surface area (Å²) in [6.45, 7) is 7.74. The third-order valence-corrected chi connectivity index (χ3v) is 16.2. The third kappa shape index (κ3) is 6.29. The van der Waals surface area contributed by atoms with Crippen molar-refractivity contribution in [2.24, 2.45) is 5.92 Å². The van der Waals surface area contributed by atoms with Crippen molar-refractivity contribution in [2.45, 2.75) is 63.2 Å². The highest BCUT2D eigenvalue weighted by molar-refractivity contribution is 6.91. The molecule has 0 unspecified atom stereocenters. The number of anilines is 1. The fourth-order valence-electron chi connectivity index (χ4n) is 8.98. The number of hydrogen-bond acceptors (Lipinski definition) is 9. The molecular weight excluding hydrogens is 725 g/mol. The molecule has 1 N–H and O–H groups in total. The standard InChI is InChI=1S/C43H46N6O6Si/c1-28-40(56(4,5)35-17-14-33(53-2)15-18-35)39(20-22-47-27-31(21-23-50)45-46-47)55-43(28)37-24-34(54-3)16-19-38(37)48(42(43)52)26-29-10-12-32(13-11-29)49-41(51)36-9-7-6-8-30(36)25-44-49/h6-19,24-25,27-28,39-40,50H,20-23,26H2,1-5H3/t28-,39+,40-,43+/m0/s1. The molecule has 1 saturated heterocycles. The van der Waals surface area contributed by atoms with Crippen LogP contribution in [-0.4, -0.2) is 70.8 Å². The van der Waals surface area contributed by atoms with Crippen molar-refractivity contribution in [1.82, 2.24) is 24.8 Å². The quantitative estimate of drug-likeness (QED) is 0.163. The van der Waals surface area contributed by atoms with Gasteiger partial charge in [0.2, 0.25) is 0 Å². The third-order valence-electron chi connectivity index (χ3n) is 11.9. The average molecular weight is 771 g/mol. The molecule has 13 heteroatoms. The van der Waals surface area contributed by atoms with Crippen molar-refractivity contribution in [3.05, 3.63) is 131 Å². The second-order valence-corrected chi connectivity index (χ2v) is 20.0. The number of ether oxygens (including phenoxy) is 3. The molecule has 2 aromatic heterocycles. The van der Waals surface area contributed by atoms with Crippen LogP contribution in [0.2, 0.25) is 18.6 Å². The van der Waals surface area contributed by atoms with Gasteiger partial charge in [0.25, 0.3) is 11.5 Å². The van der Waals surface area contributed by atoms with Gasteiger partial charge in [-0.1, -0.05) is 72.9 Å². The van der Waals surface area contributed by atoms with Gasteiger partial charge in [-0.25, -0.2) is 0 Å². The number of aliphatic hydroxyl groups is 1. The normalized spacial score (nSPS) is 20.6. The lowest BCUT2D eigenvalue weighted by Gasteiger charge is -2.37. The Balaban J connectivity index is 1.15. The number of aromatic nitrogens is 5. The van der Waals surface area contributed by atoms with Crippen LogP contribution in [0.25, 0.3) is 16.5 Å². The van der Waals surface area contributed by atoms with Gasteiger partial charge in [-0.3, -0.25) is 14.3 Å². The smallest absolute Gasteiger partial charge is 0.279 e. The summed E-state index contributed by atoms with van der Waals surface area (Å²) in [7, 11) is 0.929. The molecule has 56 heavy (non-hydrogen) atoms. The average Bonchev–Trinajstić information content (AvgIpc) is 3.87. The predicted molar refractivity (Wildman–Crippen MR) is 217 cm³/mol. The van der Waals surface area contributed by atoms with Gasteiger partial charge in [0.1, 0.15) is 11.5 Å². The van der Waals surface area contributed by atoms with Crippen LogP contribution < -0.4 is 25.1 Å². The van der Waals surface area contributed by atoms with E-state index in [2.05, 4.69) is 47.6 Å². The number of fused-ring (bicyclic) bond motifs is 3. The second-order valence-electron chi connectivity index (χ2n) is 15.3. The first kappa shape index (κ1) is 37.3. The van der Waals surface area contributed by atoms with Gasteiger partial charge in [0.05, 0.1) is 63.6 Å². The summed E-state index contributed by atoms with van der Waals surface area (Å²) in [6, 6.07) is 29.1. The first-order chi connectivity index (χ1) is 27.1. The van der Waals surface area contributed by atoms with Gasteiger partial charge >= 0.3 is 0 Å². The maximum absolute atomic E-state index is 15.3. The maximum Gasteiger partial charge on any atom is 0.279 e. The van der Waals surface area contributed by atoms with Gasteiger partial charge in [0.15, 0.2) is 5.60 Å². The molecule has 1 fully saturated rings. The van der Waals surface area contributed by atoms with E-state index < -0.39 is 13.7 Å². The van der Waals surface area contributed by atoms with Crippen LogP contribution in [0.1, 0.15) is 30.2 Å². The van der Waals surface area contributed by atoms with Crippen LogP contribution in [0.3, 0.4) is 0 Å². The van der Waals surface area contributed by atoms with E-state index in [1.165, 1.54) is 9.87 Å². The molecule has 0 saturated carbocycles. The number of carbonyl (C=O) groups is 1. The molecule has 1 amide bonds. The first-order valence-corrected chi connectivity index (χ1v) is 22.1. The molecule has 1 spiro atoms. The molecule has 4 heterocycles. The summed E-state index contributed by atoms with van der Waals surface area (Å²) in [5.74, 6) is 1.14. The SMILES string of the molecule is COc1ccc([Si](C)(C)[C@@H]2[C@@H](CCn3cc(CCO)nn3)O[C@]3(C(=O)N(Cc4ccc(-n5ncc6ccccc6c5=O)cc4)c4ccc(OC)cc43)[C@H]2C)cc1. The summed E-state index contributed by atoms with van der Waals surface area (Å²) in [4.78, 5) is 30.4. The van der Waals surface area contributed by atoms with Gasteiger partial charge in [0, 0.05) is 42.6 Å². The van der Waals surface area contributed by atoms with E-state index in [1.807, 2.05) is 83.9 Å². The molecule has 4 aromatic carbocycles. The van der Waals surface area contributed by atoms with Crippen molar-refractivity contribution < 1.29 is 24.1 Å². The Kier molecular flexibility index (Phi) is 9.85. The summed E-state index contributed by atoms with van der Waals surface area (Å²) >= 11 is 0. The topological polar surface area (TPSA) is 134 Å². The van der Waals surface area contributed by atoms with Crippen molar-refractivity contribution in [1.29, 1.82) is 0 Å². The zero-order chi connectivity index (χ0) is 39.2. The van der Waals surface area contributed by atoms with Gasteiger partial charge in [-0.05, 0) is 66.1 Å². The molecule has 0 radical (unpaired) electrons. The molecule has 8 rings (SSSR count). The molecule has 288 valence electrons. The summed E-state index contributed by atoms with van der Waals surface area (Å²) < 4.78 is 21.7. The lowest BCUT2D eigenvalue weighted by atomic mass is 9.82. The van der Waals surface area contributed by atoms with E-state index in [0.29, 0.717) is 42.8 Å². The van der Waals surface area contributed by atoms with Gasteiger partial charge in [-0.2, -0.15) is 9.78 Å². The highest BCUT2D eigenvalue weighted by Gasteiger charge is 2.66. The molecular formula is C43H46N6O6Si. The van der Waals surface area contributed by atoms with Crippen LogP contribution in [0.4, 0.5) is 5.69 Å². The Labute approximate surface area is 326 Å². The lowest BCUT2D eigenvalue weighted by Crippen LogP contribution is -2.51. The van der Waals surface area contributed by atoms with E-state index in [1.54, 1.807) is 31.2 Å². The Morgan fingerprint density at radius 1 is 0.929 bits per heavy atom. The molecule has 0 aliphatic carbocycles. The predicted octanol–water partition coefficient (Wildman–Crippen LogP) is 5.38. The Bertz CT molecular complexity index is 2450. The highest BCUT2D eigenvalue weighted by Crippen LogP contribution is 2.60. The van der Waals surface area contributed by atoms with Crippen LogP contribution >= 0.6 is 0 Å². The number of benzene rings is 4. The fraction of sp³-hybridized carbons (Fsp3) is 0.326. The van der Waals surface area contributed by atoms with Gasteiger partial charge < -0.3 is 24.2 Å². The maximum atomic E-state index is 15.3. The largest absolute Gasteiger partial charge is 0.497 e. The minimum absolute atomic E-state index is 0.00150. The number of hydrogen-bond donors (Lipinski definition) is 1. The van der Waals surface area contributed by atoms with Crippen molar-refractivity contribution in [3.8, 4) is 17.2 Å². The fourth-order valence-corrected chi connectivity index (χ4v) is 13.0. The number of nitrogens with zero attached hydrogens (tertiary/aromatic N) is 6. The van der Waals surface area contributed by atoms with Crippen LogP contribution in [0, 0.1) is 5.92 Å². The van der Waals surface area contributed by atoms with Gasteiger partial charge in [-0.15, -0.1) is 5.10 Å². The van der Waals surface area contributed by atoms with E-state index in [9.17, 15) is 9.90 Å². The van der Waals surface area contributed by atoms with E-state index in [-0.39, 0.29) is 35.6 Å². The number of aryl methyl sites for hydroxylation is 1. The number of methoxy groups -OCH3 is 2. The van der Waals surface area contributed by atoms with Crippen LogP contribution in [0.5, 0.6) is 11.5 Å². The Morgan fingerprint density at radius 3 is 2.39 bits per heavy atom. The van der Waals surface area contributed by atoms with E-state index >= 15 is 4.79 Å². The highest BCUT2D eigenvalue weighted by atomic mass is 28.3. The molecule has 12 nitrogen and oxygen atoms in total. The summed E-state index contributed by atoms with van der Waals surface area (Å²) in [6.07, 6.45) is 4.33. The number of rotatable bonds is 12. The molecule has 2 aliphatic rings. The summed E-state index contributed by atoms with van der Waals surface area (Å²) in [5, 5.41) is 25.1. The van der Waals surface area contributed by atoms with E-state index in [4.69, 9.17) is 14.2 Å². The van der Waals surface area contributed by atoms with Crippen molar-refractivity contribution in [3.63, 3.8) is 0 Å². The Morgan fingerprint density at radius 2 is 1.66 bits per heavy atom. The van der Waals surface area contributed by atoms with Crippen molar-refractivity contribution >= 4 is 35.6 Å². The zero-order valence-corrected chi connectivity index (χ0v) is 33.3. The molecule has 6 aromatic rings. The molecule has 4 atom stereocenters. The Hall–Kier alpha value is -5.63. The van der Waals surface area contributed by atoms with Crippen LogP contribution in [0.15, 0.2) is 108 Å². The number of aliphatic hydroxyl groups excluding tert-OH is 1. The van der Waals surface area contributed by atoms with Crippen LogP contribution in [-0.2, 0) is 34.6 Å². The first-order valence-electron chi connectivity index (χ1n) is 19.0. The zero-order valence-electron chi connectivity index (χ0n) is 32.3. The summed E-state index contributed by atoms with van der Waals surface area (Å²) in [5.41, 5.74) is 2.43. The second kappa shape index (κ2) is 14.8.